The largest absolute Gasteiger partial charge is 0.322 e. The zero-order valence-corrected chi connectivity index (χ0v) is 22.6. The molecule has 1 amide bonds. The number of rotatable bonds is 8. The molecule has 11 heteroatoms. The van der Waals surface area contributed by atoms with E-state index in [9.17, 15) is 26.0 Å². The molecular formula is C27H30FN3O5S2. The van der Waals surface area contributed by atoms with Crippen LogP contribution in [0, 0.1) is 5.82 Å². The van der Waals surface area contributed by atoms with Gasteiger partial charge >= 0.3 is 0 Å². The topological polar surface area (TPSA) is 104 Å². The van der Waals surface area contributed by atoms with Crippen molar-refractivity contribution < 1.29 is 26.0 Å². The van der Waals surface area contributed by atoms with Crippen molar-refractivity contribution >= 4 is 37.3 Å². The maximum Gasteiger partial charge on any atom is 0.255 e. The van der Waals surface area contributed by atoms with Gasteiger partial charge in [-0.3, -0.25) is 9.10 Å². The maximum absolute atomic E-state index is 13.2. The van der Waals surface area contributed by atoms with Gasteiger partial charge in [0, 0.05) is 24.3 Å². The third-order valence-electron chi connectivity index (χ3n) is 6.37. The highest BCUT2D eigenvalue weighted by Crippen LogP contribution is 2.24. The normalized spacial score (nSPS) is 15.0. The molecule has 1 aliphatic heterocycles. The molecule has 1 saturated heterocycles. The number of benzene rings is 3. The standard InChI is InChI=1S/C27H30FN3O5S2/c1-37(33,34)31(20-21-6-10-23(28)11-7-21)25-14-8-22(9-15-25)27(32)29-24-12-16-26(17-13-24)38(35,36)30-18-4-2-3-5-19-30/h6-17H,2-5,18-20H2,1H3,(H,29,32). The van der Waals surface area contributed by atoms with Gasteiger partial charge in [0.05, 0.1) is 23.4 Å². The minimum atomic E-state index is -3.65. The molecule has 1 N–H and O–H groups in total. The summed E-state index contributed by atoms with van der Waals surface area (Å²) in [6, 6.07) is 17.7. The summed E-state index contributed by atoms with van der Waals surface area (Å²) in [6.07, 6.45) is 4.82. The number of hydrogen-bond donors (Lipinski definition) is 1. The summed E-state index contributed by atoms with van der Waals surface area (Å²) < 4.78 is 66.6. The van der Waals surface area contributed by atoms with Crippen LogP contribution in [0.15, 0.2) is 77.7 Å². The summed E-state index contributed by atoms with van der Waals surface area (Å²) in [7, 11) is -7.23. The zero-order chi connectivity index (χ0) is 27.3. The van der Waals surface area contributed by atoms with Crippen LogP contribution in [0.1, 0.15) is 41.6 Å². The number of nitrogens with one attached hydrogen (secondary N) is 1. The second kappa shape index (κ2) is 11.6. The van der Waals surface area contributed by atoms with Crippen LogP contribution in [0.2, 0.25) is 0 Å². The Kier molecular flexibility index (Phi) is 8.49. The number of carbonyl (C=O) groups excluding carboxylic acids is 1. The predicted molar refractivity (Wildman–Crippen MR) is 145 cm³/mol. The van der Waals surface area contributed by atoms with Crippen molar-refractivity contribution in [3.63, 3.8) is 0 Å². The fourth-order valence-electron chi connectivity index (χ4n) is 4.28. The molecule has 0 bridgehead atoms. The van der Waals surface area contributed by atoms with Crippen molar-refractivity contribution in [3.05, 3.63) is 89.7 Å². The van der Waals surface area contributed by atoms with E-state index in [1.165, 1.54) is 69.3 Å². The fourth-order valence-corrected chi connectivity index (χ4v) is 6.68. The van der Waals surface area contributed by atoms with E-state index in [2.05, 4.69) is 5.32 Å². The van der Waals surface area contributed by atoms with Gasteiger partial charge in [0.1, 0.15) is 5.82 Å². The van der Waals surface area contributed by atoms with Crippen molar-refractivity contribution in [1.29, 1.82) is 0 Å². The van der Waals surface area contributed by atoms with Gasteiger partial charge < -0.3 is 5.32 Å². The highest BCUT2D eigenvalue weighted by atomic mass is 32.2. The van der Waals surface area contributed by atoms with Gasteiger partial charge in [-0.05, 0) is 79.1 Å². The number of amides is 1. The molecule has 8 nitrogen and oxygen atoms in total. The molecule has 0 spiro atoms. The molecule has 1 aliphatic rings. The molecule has 0 unspecified atom stereocenters. The van der Waals surface area contributed by atoms with Crippen molar-refractivity contribution in [2.75, 3.05) is 29.0 Å². The summed E-state index contributed by atoms with van der Waals surface area (Å²) >= 11 is 0. The highest BCUT2D eigenvalue weighted by Gasteiger charge is 2.25. The number of nitrogens with zero attached hydrogens (tertiary/aromatic N) is 2. The van der Waals surface area contributed by atoms with Crippen LogP contribution in [0.5, 0.6) is 0 Å². The van der Waals surface area contributed by atoms with Crippen molar-refractivity contribution in [1.82, 2.24) is 4.31 Å². The van der Waals surface area contributed by atoms with Crippen LogP contribution in [0.25, 0.3) is 0 Å². The Morgan fingerprint density at radius 3 is 1.97 bits per heavy atom. The van der Waals surface area contributed by atoms with Gasteiger partial charge in [0.2, 0.25) is 20.0 Å². The lowest BCUT2D eigenvalue weighted by Gasteiger charge is -2.22. The van der Waals surface area contributed by atoms with Crippen molar-refractivity contribution in [3.8, 4) is 0 Å². The molecule has 1 fully saturated rings. The van der Waals surface area contributed by atoms with Gasteiger partial charge in [0.15, 0.2) is 0 Å². The van der Waals surface area contributed by atoms with Gasteiger partial charge in [-0.1, -0.05) is 25.0 Å². The Balaban J connectivity index is 1.44. The lowest BCUT2D eigenvalue weighted by Crippen LogP contribution is -2.31. The highest BCUT2D eigenvalue weighted by molar-refractivity contribution is 7.92. The summed E-state index contributed by atoms with van der Waals surface area (Å²) in [6.45, 7) is 1.03. The summed E-state index contributed by atoms with van der Waals surface area (Å²) in [5.41, 5.74) is 1.70. The first-order chi connectivity index (χ1) is 18.0. The Morgan fingerprint density at radius 2 is 1.42 bits per heavy atom. The molecule has 0 aliphatic carbocycles. The third kappa shape index (κ3) is 6.77. The average molecular weight is 560 g/mol. The van der Waals surface area contributed by atoms with E-state index in [-0.39, 0.29) is 11.4 Å². The number of halogens is 1. The maximum atomic E-state index is 13.2. The first-order valence-corrected chi connectivity index (χ1v) is 15.6. The second-order valence-corrected chi connectivity index (χ2v) is 13.1. The van der Waals surface area contributed by atoms with E-state index < -0.39 is 31.8 Å². The number of hydrogen-bond acceptors (Lipinski definition) is 5. The first kappa shape index (κ1) is 27.7. The molecule has 1 heterocycles. The number of anilines is 2. The molecule has 4 rings (SSSR count). The van der Waals surface area contributed by atoms with Gasteiger partial charge in [-0.2, -0.15) is 4.31 Å². The van der Waals surface area contributed by atoms with Gasteiger partial charge in [-0.25, -0.2) is 21.2 Å². The summed E-state index contributed by atoms with van der Waals surface area (Å²) in [5.74, 6) is -0.840. The molecular weight excluding hydrogens is 529 g/mol. The molecule has 3 aromatic rings. The van der Waals surface area contributed by atoms with Gasteiger partial charge in [-0.15, -0.1) is 0 Å². The summed E-state index contributed by atoms with van der Waals surface area (Å²) in [5, 5.41) is 2.74. The Morgan fingerprint density at radius 1 is 0.842 bits per heavy atom. The molecule has 0 saturated carbocycles. The minimum absolute atomic E-state index is 0.0113. The van der Waals surface area contributed by atoms with E-state index in [0.29, 0.717) is 35.6 Å². The zero-order valence-electron chi connectivity index (χ0n) is 21.0. The SMILES string of the molecule is CS(=O)(=O)N(Cc1ccc(F)cc1)c1ccc(C(=O)Nc2ccc(S(=O)(=O)N3CCCCCC3)cc2)cc1. The van der Waals surface area contributed by atoms with E-state index >= 15 is 0 Å². The minimum Gasteiger partial charge on any atom is -0.322 e. The van der Waals surface area contributed by atoms with Crippen LogP contribution < -0.4 is 9.62 Å². The summed E-state index contributed by atoms with van der Waals surface area (Å²) in [4.78, 5) is 13.0. The van der Waals surface area contributed by atoms with E-state index in [1.54, 1.807) is 12.1 Å². The molecule has 0 atom stereocenters. The quantitative estimate of drug-likeness (QED) is 0.434. The lowest BCUT2D eigenvalue weighted by molar-refractivity contribution is 0.102. The monoisotopic (exact) mass is 559 g/mol. The fraction of sp³-hybridized carbons (Fsp3) is 0.296. The van der Waals surface area contributed by atoms with Crippen LogP contribution >= 0.6 is 0 Å². The van der Waals surface area contributed by atoms with Crippen LogP contribution in [-0.4, -0.2) is 46.4 Å². The lowest BCUT2D eigenvalue weighted by atomic mass is 10.1. The van der Waals surface area contributed by atoms with Crippen LogP contribution in [-0.2, 0) is 26.6 Å². The molecule has 38 heavy (non-hydrogen) atoms. The Hall–Kier alpha value is -3.28. The predicted octanol–water partition coefficient (Wildman–Crippen LogP) is 4.61. The first-order valence-electron chi connectivity index (χ1n) is 12.3. The van der Waals surface area contributed by atoms with E-state index in [4.69, 9.17) is 0 Å². The molecule has 0 aromatic heterocycles. The molecule has 3 aromatic carbocycles. The Labute approximate surface area is 223 Å². The third-order valence-corrected chi connectivity index (χ3v) is 9.43. The van der Waals surface area contributed by atoms with Gasteiger partial charge in [0.25, 0.3) is 5.91 Å². The smallest absolute Gasteiger partial charge is 0.255 e. The van der Waals surface area contributed by atoms with E-state index in [1.807, 2.05) is 0 Å². The average Bonchev–Trinajstić information content (AvgIpc) is 3.19. The Bertz CT molecular complexity index is 1470. The van der Waals surface area contributed by atoms with Crippen LogP contribution in [0.4, 0.5) is 15.8 Å². The van der Waals surface area contributed by atoms with E-state index in [0.717, 1.165) is 31.9 Å². The van der Waals surface area contributed by atoms with Crippen molar-refractivity contribution in [2.24, 2.45) is 0 Å². The second-order valence-electron chi connectivity index (χ2n) is 9.24. The van der Waals surface area contributed by atoms with Crippen LogP contribution in [0.3, 0.4) is 0 Å². The number of carbonyl (C=O) groups is 1. The number of sulfonamides is 2. The molecule has 202 valence electrons. The molecule has 0 radical (unpaired) electrons. The van der Waals surface area contributed by atoms with Crippen molar-refractivity contribution in [2.45, 2.75) is 37.1 Å².